The van der Waals surface area contributed by atoms with Gasteiger partial charge in [-0.25, -0.2) is 0 Å². The maximum atomic E-state index is 12.6. The summed E-state index contributed by atoms with van der Waals surface area (Å²) in [6.07, 6.45) is 1.68. The SMILES string of the molecule is COC(=O)C1C(C)=NC2=C(C(=O)CCC2)[C@@H]1c1ccccc1[N+](=O)[O-]. The number of hydrogen-bond acceptors (Lipinski definition) is 6. The van der Waals surface area contributed by atoms with Gasteiger partial charge in [0.2, 0.25) is 0 Å². The van der Waals surface area contributed by atoms with Gasteiger partial charge in [0.1, 0.15) is 5.92 Å². The number of ether oxygens (including phenoxy) is 1. The number of nitro benzene ring substituents is 1. The first-order valence-corrected chi connectivity index (χ1v) is 8.08. The predicted molar refractivity (Wildman–Crippen MR) is 90.3 cm³/mol. The Bertz CT molecular complexity index is 825. The summed E-state index contributed by atoms with van der Waals surface area (Å²) in [6, 6.07) is 6.23. The molecule has 7 nitrogen and oxygen atoms in total. The topological polar surface area (TPSA) is 98.9 Å². The van der Waals surface area contributed by atoms with Gasteiger partial charge in [-0.05, 0) is 19.8 Å². The minimum absolute atomic E-state index is 0.102. The second-order valence-electron chi connectivity index (χ2n) is 6.18. The average molecular weight is 342 g/mol. The number of esters is 1. The maximum Gasteiger partial charge on any atom is 0.315 e. The zero-order valence-electron chi connectivity index (χ0n) is 14.0. The van der Waals surface area contributed by atoms with E-state index in [1.54, 1.807) is 25.1 Å². The van der Waals surface area contributed by atoms with E-state index >= 15 is 0 Å². The van der Waals surface area contributed by atoms with Gasteiger partial charge in [-0.3, -0.25) is 24.7 Å². The van der Waals surface area contributed by atoms with E-state index in [-0.39, 0.29) is 11.5 Å². The number of ketones is 1. The molecule has 0 radical (unpaired) electrons. The number of rotatable bonds is 3. The molecule has 0 bridgehead atoms. The normalized spacial score (nSPS) is 23.0. The summed E-state index contributed by atoms with van der Waals surface area (Å²) in [5.74, 6) is -2.23. The van der Waals surface area contributed by atoms with E-state index in [9.17, 15) is 19.7 Å². The van der Waals surface area contributed by atoms with Gasteiger partial charge >= 0.3 is 5.97 Å². The van der Waals surface area contributed by atoms with Gasteiger partial charge < -0.3 is 4.74 Å². The Kier molecular flexibility index (Phi) is 4.48. The lowest BCUT2D eigenvalue weighted by atomic mass is 9.71. The van der Waals surface area contributed by atoms with Crippen LogP contribution in [0.5, 0.6) is 0 Å². The smallest absolute Gasteiger partial charge is 0.315 e. The van der Waals surface area contributed by atoms with E-state index in [0.29, 0.717) is 41.8 Å². The highest BCUT2D eigenvalue weighted by Crippen LogP contribution is 2.45. The Hall–Kier alpha value is -2.83. The molecule has 0 saturated carbocycles. The molecule has 3 rings (SSSR count). The zero-order valence-corrected chi connectivity index (χ0v) is 14.0. The number of allylic oxidation sites excluding steroid dienone is 2. The van der Waals surface area contributed by atoms with Crippen LogP contribution in [0.2, 0.25) is 0 Å². The highest BCUT2D eigenvalue weighted by atomic mass is 16.6. The van der Waals surface area contributed by atoms with Crippen molar-refractivity contribution in [1.82, 2.24) is 0 Å². The van der Waals surface area contributed by atoms with Crippen LogP contribution in [0, 0.1) is 16.0 Å². The van der Waals surface area contributed by atoms with Crippen LogP contribution in [0.1, 0.15) is 37.7 Å². The van der Waals surface area contributed by atoms with Crippen LogP contribution in [-0.2, 0) is 14.3 Å². The molecule has 130 valence electrons. The number of nitrogens with zero attached hydrogens (tertiary/aromatic N) is 2. The molecule has 1 heterocycles. The summed E-state index contributed by atoms with van der Waals surface area (Å²) in [4.78, 5) is 40.5. The number of hydrogen-bond donors (Lipinski definition) is 0. The first kappa shape index (κ1) is 17.0. The number of methoxy groups -OCH3 is 1. The van der Waals surface area contributed by atoms with E-state index < -0.39 is 22.7 Å². The molecular formula is C18H18N2O5. The lowest BCUT2D eigenvalue weighted by Gasteiger charge is -2.33. The first-order valence-electron chi connectivity index (χ1n) is 8.08. The molecule has 1 aliphatic heterocycles. The highest BCUT2D eigenvalue weighted by molar-refractivity contribution is 6.09. The molecule has 0 fully saturated rings. The molecule has 1 aliphatic carbocycles. The molecule has 7 heteroatoms. The van der Waals surface area contributed by atoms with Crippen molar-refractivity contribution in [1.29, 1.82) is 0 Å². The van der Waals surface area contributed by atoms with Gasteiger partial charge in [-0.1, -0.05) is 18.2 Å². The van der Waals surface area contributed by atoms with Crippen molar-refractivity contribution in [2.75, 3.05) is 7.11 Å². The van der Waals surface area contributed by atoms with Crippen molar-refractivity contribution >= 4 is 23.2 Å². The van der Waals surface area contributed by atoms with E-state index in [1.165, 1.54) is 13.2 Å². The number of carbonyl (C=O) groups excluding carboxylic acids is 2. The summed E-state index contributed by atoms with van der Waals surface area (Å²) in [6.45, 7) is 1.70. The lowest BCUT2D eigenvalue weighted by Crippen LogP contribution is -2.37. The number of benzene rings is 1. The number of para-hydroxylation sites is 1. The molecule has 1 aromatic rings. The standard InChI is InChI=1S/C18H18N2O5/c1-10-15(18(22)25-2)16(11-6-3-4-8-13(11)20(23)24)17-12(19-10)7-5-9-14(17)21/h3-4,6,8,15-16H,5,7,9H2,1-2H3/t15?,16-/m1/s1. The van der Waals surface area contributed by atoms with E-state index in [0.717, 1.165) is 0 Å². The molecule has 25 heavy (non-hydrogen) atoms. The highest BCUT2D eigenvalue weighted by Gasteiger charge is 2.45. The van der Waals surface area contributed by atoms with Crippen LogP contribution in [-0.4, -0.2) is 29.5 Å². The van der Waals surface area contributed by atoms with Crippen LogP contribution in [0.15, 0.2) is 40.5 Å². The summed E-state index contributed by atoms with van der Waals surface area (Å²) in [5, 5.41) is 11.5. The first-order chi connectivity index (χ1) is 12.0. The van der Waals surface area contributed by atoms with Gasteiger partial charge in [0.25, 0.3) is 5.69 Å². The Morgan fingerprint density at radius 1 is 1.32 bits per heavy atom. The average Bonchev–Trinajstić information content (AvgIpc) is 2.60. The second-order valence-corrected chi connectivity index (χ2v) is 6.18. The maximum absolute atomic E-state index is 12.6. The van der Waals surface area contributed by atoms with Crippen molar-refractivity contribution in [3.63, 3.8) is 0 Å². The Labute approximate surface area is 144 Å². The van der Waals surface area contributed by atoms with Gasteiger partial charge in [-0.15, -0.1) is 0 Å². The van der Waals surface area contributed by atoms with Crippen LogP contribution in [0.3, 0.4) is 0 Å². The fourth-order valence-electron chi connectivity index (χ4n) is 3.69. The second kappa shape index (κ2) is 6.58. The molecule has 1 aromatic carbocycles. The summed E-state index contributed by atoms with van der Waals surface area (Å²) in [7, 11) is 1.26. The zero-order chi connectivity index (χ0) is 18.1. The monoisotopic (exact) mass is 342 g/mol. The quantitative estimate of drug-likeness (QED) is 0.478. The summed E-state index contributed by atoms with van der Waals surface area (Å²) >= 11 is 0. The van der Waals surface area contributed by atoms with E-state index in [1.807, 2.05) is 0 Å². The van der Waals surface area contributed by atoms with E-state index in [4.69, 9.17) is 4.74 Å². The predicted octanol–water partition coefficient (Wildman–Crippen LogP) is 2.95. The van der Waals surface area contributed by atoms with Crippen molar-refractivity contribution in [3.05, 3.63) is 51.2 Å². The summed E-state index contributed by atoms with van der Waals surface area (Å²) in [5.41, 5.74) is 1.81. The Morgan fingerprint density at radius 3 is 2.72 bits per heavy atom. The molecule has 2 aliphatic rings. The summed E-state index contributed by atoms with van der Waals surface area (Å²) < 4.78 is 4.90. The molecular weight excluding hydrogens is 324 g/mol. The molecule has 0 spiro atoms. The number of Topliss-reactive ketones (excluding diaryl/α,β-unsaturated/α-hetero) is 1. The van der Waals surface area contributed by atoms with Crippen molar-refractivity contribution in [3.8, 4) is 0 Å². The third-order valence-electron chi connectivity index (χ3n) is 4.76. The van der Waals surface area contributed by atoms with Gasteiger partial charge in [0.15, 0.2) is 5.78 Å². The number of aliphatic imine (C=N–C) groups is 1. The largest absolute Gasteiger partial charge is 0.468 e. The van der Waals surface area contributed by atoms with Crippen LogP contribution >= 0.6 is 0 Å². The van der Waals surface area contributed by atoms with E-state index in [2.05, 4.69) is 4.99 Å². The third-order valence-corrected chi connectivity index (χ3v) is 4.76. The minimum Gasteiger partial charge on any atom is -0.468 e. The molecule has 0 saturated heterocycles. The minimum atomic E-state index is -0.841. The van der Waals surface area contributed by atoms with Crippen molar-refractivity contribution < 1.29 is 19.2 Å². The van der Waals surface area contributed by atoms with Crippen molar-refractivity contribution in [2.24, 2.45) is 10.9 Å². The third kappa shape index (κ3) is 2.86. The Morgan fingerprint density at radius 2 is 2.04 bits per heavy atom. The molecule has 2 atom stereocenters. The molecule has 0 amide bonds. The van der Waals surface area contributed by atoms with Gasteiger partial charge in [0.05, 0.1) is 12.0 Å². The molecule has 1 unspecified atom stereocenters. The van der Waals surface area contributed by atoms with Crippen LogP contribution < -0.4 is 0 Å². The Balaban J connectivity index is 2.26. The molecule has 0 aromatic heterocycles. The number of carbonyl (C=O) groups is 2. The van der Waals surface area contributed by atoms with Crippen molar-refractivity contribution in [2.45, 2.75) is 32.1 Å². The van der Waals surface area contributed by atoms with Crippen LogP contribution in [0.4, 0.5) is 5.69 Å². The fraction of sp³-hybridized carbons (Fsp3) is 0.389. The van der Waals surface area contributed by atoms with Gasteiger partial charge in [0, 0.05) is 41.0 Å². The van der Waals surface area contributed by atoms with Crippen LogP contribution in [0.25, 0.3) is 0 Å². The molecule has 0 N–H and O–H groups in total. The number of nitro groups is 1. The fourth-order valence-corrected chi connectivity index (χ4v) is 3.69. The van der Waals surface area contributed by atoms with Gasteiger partial charge in [-0.2, -0.15) is 0 Å². The lowest BCUT2D eigenvalue weighted by molar-refractivity contribution is -0.385.